The highest BCUT2D eigenvalue weighted by Gasteiger charge is 2.30. The maximum absolute atomic E-state index is 13.0. The van der Waals surface area contributed by atoms with E-state index in [1.165, 1.54) is 23.8 Å². The van der Waals surface area contributed by atoms with Crippen molar-refractivity contribution in [2.45, 2.75) is 13.5 Å². The second-order valence-electron chi connectivity index (χ2n) is 8.05. The van der Waals surface area contributed by atoms with Crippen molar-refractivity contribution in [3.8, 4) is 11.5 Å². The van der Waals surface area contributed by atoms with Crippen molar-refractivity contribution in [2.24, 2.45) is 4.99 Å². The summed E-state index contributed by atoms with van der Waals surface area (Å²) in [7, 11) is 3.00. The van der Waals surface area contributed by atoms with Gasteiger partial charge in [-0.1, -0.05) is 29.8 Å². The van der Waals surface area contributed by atoms with Gasteiger partial charge in [0, 0.05) is 17.6 Å². The quantitative estimate of drug-likeness (QED) is 0.199. The molecule has 1 amide bonds. The number of carbonyl (C=O) groups excluding carboxylic acids is 2. The first-order valence-corrected chi connectivity index (χ1v) is 13.6. The number of likely N-dealkylation sites (N-methyl/N-ethyl adjacent to an activating group) is 1. The highest BCUT2D eigenvalue weighted by Crippen LogP contribution is 2.40. The predicted octanol–water partition coefficient (Wildman–Crippen LogP) is 7.10. The van der Waals surface area contributed by atoms with Crippen LogP contribution < -0.4 is 9.47 Å². The number of esters is 1. The fraction of sp³-hybridized carbons (Fsp3) is 0.179. The molecular formula is C28H24BrClN2O5S. The van der Waals surface area contributed by atoms with Crippen LogP contribution in [-0.4, -0.2) is 42.7 Å². The molecule has 0 radical (unpaired) electrons. The van der Waals surface area contributed by atoms with Crippen LogP contribution in [0.2, 0.25) is 5.02 Å². The van der Waals surface area contributed by atoms with Gasteiger partial charge in [-0.3, -0.25) is 9.69 Å². The lowest BCUT2D eigenvalue weighted by molar-refractivity contribution is -0.121. The number of thioether (sulfide) groups is 1. The maximum Gasteiger partial charge on any atom is 0.337 e. The number of rotatable bonds is 8. The van der Waals surface area contributed by atoms with E-state index in [-0.39, 0.29) is 12.5 Å². The summed E-state index contributed by atoms with van der Waals surface area (Å²) in [6, 6.07) is 17.9. The lowest BCUT2D eigenvalue weighted by atomic mass is 10.1. The van der Waals surface area contributed by atoms with Crippen molar-refractivity contribution in [1.82, 2.24) is 4.90 Å². The van der Waals surface area contributed by atoms with Crippen LogP contribution in [0.3, 0.4) is 0 Å². The van der Waals surface area contributed by atoms with E-state index in [2.05, 4.69) is 20.9 Å². The number of hydrogen-bond acceptors (Lipinski definition) is 7. The molecule has 0 aromatic heterocycles. The van der Waals surface area contributed by atoms with E-state index in [1.54, 1.807) is 37.4 Å². The van der Waals surface area contributed by atoms with Gasteiger partial charge in [0.2, 0.25) is 0 Å². The fourth-order valence-corrected chi connectivity index (χ4v) is 5.29. The van der Waals surface area contributed by atoms with Gasteiger partial charge >= 0.3 is 5.97 Å². The number of aliphatic imine (C=N–C) groups is 1. The second kappa shape index (κ2) is 12.5. The molecule has 10 heteroatoms. The molecule has 3 aromatic carbocycles. The van der Waals surface area contributed by atoms with Gasteiger partial charge < -0.3 is 14.2 Å². The average Bonchev–Trinajstić information content (AvgIpc) is 3.16. The summed E-state index contributed by atoms with van der Waals surface area (Å²) in [5.74, 6) is 0.501. The minimum absolute atomic E-state index is 0.173. The Morgan fingerprint density at radius 3 is 2.55 bits per heavy atom. The third-order valence-electron chi connectivity index (χ3n) is 5.48. The first-order chi connectivity index (χ1) is 18.3. The van der Waals surface area contributed by atoms with Crippen LogP contribution in [0.4, 0.5) is 5.69 Å². The summed E-state index contributed by atoms with van der Waals surface area (Å²) in [4.78, 5) is 31.2. The Morgan fingerprint density at radius 2 is 1.87 bits per heavy atom. The molecule has 0 bridgehead atoms. The first kappa shape index (κ1) is 27.8. The molecule has 4 rings (SSSR count). The number of benzene rings is 3. The van der Waals surface area contributed by atoms with Crippen LogP contribution in [0.5, 0.6) is 11.5 Å². The van der Waals surface area contributed by atoms with E-state index < -0.39 is 5.97 Å². The largest absolute Gasteiger partial charge is 0.490 e. The zero-order chi connectivity index (χ0) is 27.2. The number of halogens is 2. The molecule has 0 N–H and O–H groups in total. The number of methoxy groups -OCH3 is 1. The Kier molecular flexibility index (Phi) is 9.14. The van der Waals surface area contributed by atoms with Crippen molar-refractivity contribution in [1.29, 1.82) is 0 Å². The third kappa shape index (κ3) is 6.40. The molecule has 0 aliphatic carbocycles. The Morgan fingerprint density at radius 1 is 1.13 bits per heavy atom. The fourth-order valence-electron chi connectivity index (χ4n) is 3.54. The molecule has 38 heavy (non-hydrogen) atoms. The molecule has 1 heterocycles. The summed E-state index contributed by atoms with van der Waals surface area (Å²) >= 11 is 11.1. The number of ether oxygens (including phenoxy) is 3. The number of carbonyl (C=O) groups is 2. The van der Waals surface area contributed by atoms with E-state index in [1.807, 2.05) is 43.3 Å². The Labute approximate surface area is 238 Å². The van der Waals surface area contributed by atoms with Gasteiger partial charge in [-0.2, -0.15) is 0 Å². The monoisotopic (exact) mass is 614 g/mol. The van der Waals surface area contributed by atoms with E-state index in [0.29, 0.717) is 48.9 Å². The van der Waals surface area contributed by atoms with E-state index in [4.69, 9.17) is 25.8 Å². The van der Waals surface area contributed by atoms with Crippen LogP contribution >= 0.6 is 39.3 Å². The van der Waals surface area contributed by atoms with Gasteiger partial charge in [0.05, 0.1) is 34.3 Å². The lowest BCUT2D eigenvalue weighted by Crippen LogP contribution is -2.23. The van der Waals surface area contributed by atoms with E-state index in [0.717, 1.165) is 11.1 Å². The Balaban J connectivity index is 1.57. The molecule has 1 fully saturated rings. The third-order valence-corrected chi connectivity index (χ3v) is 7.49. The van der Waals surface area contributed by atoms with Gasteiger partial charge in [0.15, 0.2) is 16.7 Å². The predicted molar refractivity (Wildman–Crippen MR) is 154 cm³/mol. The molecule has 1 aliphatic heterocycles. The molecule has 3 aromatic rings. The van der Waals surface area contributed by atoms with Gasteiger partial charge in [0.1, 0.15) is 6.61 Å². The Hall–Kier alpha value is -3.27. The average molecular weight is 616 g/mol. The van der Waals surface area contributed by atoms with Crippen molar-refractivity contribution in [3.63, 3.8) is 0 Å². The van der Waals surface area contributed by atoms with Crippen molar-refractivity contribution < 1.29 is 23.8 Å². The molecule has 0 saturated carbocycles. The summed E-state index contributed by atoms with van der Waals surface area (Å²) in [6.45, 7) is 2.61. The normalized spacial score (nSPS) is 15.3. The standard InChI is InChI=1S/C28H24BrClN2O5S/c1-4-36-23-14-17(13-21(29)25(23)37-16-19-7-5-6-8-22(19)30)15-24-26(33)32(2)28(38-24)31-20-11-9-18(10-12-20)27(34)35-3/h5-15H,4,16H2,1-3H3. The maximum atomic E-state index is 13.0. The summed E-state index contributed by atoms with van der Waals surface area (Å²) < 4.78 is 17.3. The topological polar surface area (TPSA) is 77.4 Å². The SMILES string of the molecule is CCOc1cc(C=C2SC(=Nc3ccc(C(=O)OC)cc3)N(C)C2=O)cc(Br)c1OCc1ccccc1Cl. The first-order valence-electron chi connectivity index (χ1n) is 11.6. The second-order valence-corrected chi connectivity index (χ2v) is 10.3. The van der Waals surface area contributed by atoms with Crippen molar-refractivity contribution >= 4 is 68.1 Å². The van der Waals surface area contributed by atoms with Crippen LogP contribution in [0.1, 0.15) is 28.4 Å². The van der Waals surface area contributed by atoms with Gasteiger partial charge in [-0.15, -0.1) is 0 Å². The van der Waals surface area contributed by atoms with Crippen LogP contribution in [0.15, 0.2) is 75.0 Å². The molecule has 1 aliphatic rings. The van der Waals surface area contributed by atoms with Crippen LogP contribution in [0.25, 0.3) is 6.08 Å². The zero-order valence-electron chi connectivity index (χ0n) is 20.9. The van der Waals surface area contributed by atoms with Gasteiger partial charge in [-0.25, -0.2) is 9.79 Å². The van der Waals surface area contributed by atoms with E-state index in [9.17, 15) is 9.59 Å². The van der Waals surface area contributed by atoms with Crippen LogP contribution in [0, 0.1) is 0 Å². The summed E-state index contributed by atoms with van der Waals surface area (Å²) in [5.41, 5.74) is 2.66. The number of nitrogens with zero attached hydrogens (tertiary/aromatic N) is 2. The zero-order valence-corrected chi connectivity index (χ0v) is 24.0. The highest BCUT2D eigenvalue weighted by molar-refractivity contribution is 9.10. The van der Waals surface area contributed by atoms with Gasteiger partial charge in [-0.05, 0) is 88.7 Å². The Bertz CT molecular complexity index is 1430. The number of amides is 1. The molecule has 0 atom stereocenters. The molecular weight excluding hydrogens is 592 g/mol. The minimum atomic E-state index is -0.421. The highest BCUT2D eigenvalue weighted by atomic mass is 79.9. The van der Waals surface area contributed by atoms with Gasteiger partial charge in [0.25, 0.3) is 5.91 Å². The summed E-state index contributed by atoms with van der Waals surface area (Å²) in [6.07, 6.45) is 1.79. The van der Waals surface area contributed by atoms with Crippen LogP contribution in [-0.2, 0) is 16.1 Å². The number of amidine groups is 1. The van der Waals surface area contributed by atoms with Crippen molar-refractivity contribution in [3.05, 3.63) is 91.8 Å². The molecule has 1 saturated heterocycles. The molecule has 0 spiro atoms. The summed E-state index contributed by atoms with van der Waals surface area (Å²) in [5, 5.41) is 1.15. The van der Waals surface area contributed by atoms with Crippen molar-refractivity contribution in [2.75, 3.05) is 20.8 Å². The number of hydrogen-bond donors (Lipinski definition) is 0. The smallest absolute Gasteiger partial charge is 0.337 e. The molecule has 196 valence electrons. The molecule has 0 unspecified atom stereocenters. The minimum Gasteiger partial charge on any atom is -0.490 e. The molecule has 7 nitrogen and oxygen atoms in total. The van der Waals surface area contributed by atoms with E-state index >= 15 is 0 Å². The lowest BCUT2D eigenvalue weighted by Gasteiger charge is -2.15.